The van der Waals surface area contributed by atoms with E-state index in [-0.39, 0.29) is 35.7 Å². The Morgan fingerprint density at radius 3 is 2.51 bits per heavy atom. The van der Waals surface area contributed by atoms with Crippen LogP contribution in [0.2, 0.25) is 0 Å². The number of nitrogens with zero attached hydrogens (tertiary/aromatic N) is 2. The van der Waals surface area contributed by atoms with Crippen molar-refractivity contribution in [3.8, 4) is 5.75 Å². The fraction of sp³-hybridized carbons (Fsp3) is 0.667. The molecule has 4 N–H and O–H groups in total. The second-order valence-electron chi connectivity index (χ2n) is 11.7. The minimum Gasteiger partial charge on any atom is -0.405 e. The third kappa shape index (κ3) is 9.70. The lowest BCUT2D eigenvalue weighted by Crippen LogP contribution is -2.45. The number of para-hydroxylation sites is 1. The van der Waals surface area contributed by atoms with Crippen LogP contribution in [0.5, 0.6) is 5.75 Å². The first-order chi connectivity index (χ1) is 19.6. The van der Waals surface area contributed by atoms with Crippen molar-refractivity contribution in [2.75, 3.05) is 17.2 Å². The Morgan fingerprint density at radius 1 is 1.05 bits per heavy atom. The van der Waals surface area contributed by atoms with Crippen LogP contribution < -0.4 is 20.7 Å². The minimum absolute atomic E-state index is 0.0226. The molecule has 0 radical (unpaired) electrons. The van der Waals surface area contributed by atoms with E-state index >= 15 is 0 Å². The number of aliphatic hydroxyl groups is 1. The van der Waals surface area contributed by atoms with E-state index in [0.29, 0.717) is 36.4 Å². The first kappa shape index (κ1) is 31.3. The molecule has 2 aromatic rings. The highest BCUT2D eigenvalue weighted by Gasteiger charge is 2.33. The van der Waals surface area contributed by atoms with Crippen LogP contribution in [0, 0.1) is 23.6 Å². The van der Waals surface area contributed by atoms with Gasteiger partial charge in [-0.2, -0.15) is 4.98 Å². The van der Waals surface area contributed by atoms with E-state index in [9.17, 15) is 22.7 Å². The Hall–Kier alpha value is -2.66. The van der Waals surface area contributed by atoms with Gasteiger partial charge in [0.2, 0.25) is 5.95 Å². The molecule has 2 saturated carbocycles. The molecule has 228 valence electrons. The smallest absolute Gasteiger partial charge is 0.405 e. The third-order valence-corrected chi connectivity index (χ3v) is 8.48. The molecule has 0 amide bonds. The fourth-order valence-electron chi connectivity index (χ4n) is 6.45. The second-order valence-corrected chi connectivity index (χ2v) is 11.7. The SMILES string of the molecule is CCCC1C[C@@H](CNc2nc(NCc3ccccc3OC(F)(F)F)ncc2F)C[C@H]([C@H](C)NC2CCC(O)CC2)C1. The molecular weight excluding hydrogens is 538 g/mol. The van der Waals surface area contributed by atoms with Crippen molar-refractivity contribution in [2.24, 2.45) is 17.8 Å². The van der Waals surface area contributed by atoms with Crippen LogP contribution in [0.1, 0.15) is 77.2 Å². The average Bonchev–Trinajstić information content (AvgIpc) is 2.93. The summed E-state index contributed by atoms with van der Waals surface area (Å²) >= 11 is 0. The molecule has 0 bridgehead atoms. The van der Waals surface area contributed by atoms with Gasteiger partial charge in [0.05, 0.1) is 12.3 Å². The molecule has 7 nitrogen and oxygen atoms in total. The quantitative estimate of drug-likeness (QED) is 0.209. The van der Waals surface area contributed by atoms with Crippen LogP contribution in [0.3, 0.4) is 0 Å². The largest absolute Gasteiger partial charge is 0.573 e. The molecule has 1 heterocycles. The van der Waals surface area contributed by atoms with Gasteiger partial charge in [0.15, 0.2) is 11.6 Å². The summed E-state index contributed by atoms with van der Waals surface area (Å²) in [6.45, 7) is 5.04. The van der Waals surface area contributed by atoms with Gasteiger partial charge >= 0.3 is 6.36 Å². The summed E-state index contributed by atoms with van der Waals surface area (Å²) in [6, 6.07) is 6.63. The zero-order valence-electron chi connectivity index (χ0n) is 23.9. The number of alkyl halides is 3. The Morgan fingerprint density at radius 2 is 1.78 bits per heavy atom. The molecule has 1 unspecified atom stereocenters. The highest BCUT2D eigenvalue weighted by atomic mass is 19.4. The topological polar surface area (TPSA) is 91.3 Å². The van der Waals surface area contributed by atoms with Crippen molar-refractivity contribution in [3.63, 3.8) is 0 Å². The number of aliphatic hydroxyl groups excluding tert-OH is 1. The summed E-state index contributed by atoms with van der Waals surface area (Å²) in [7, 11) is 0. The van der Waals surface area contributed by atoms with Crippen LogP contribution in [0.15, 0.2) is 30.5 Å². The molecular formula is C30H43F4N5O2. The molecule has 1 aromatic heterocycles. The number of halogens is 4. The van der Waals surface area contributed by atoms with Gasteiger partial charge in [-0.05, 0) is 75.7 Å². The van der Waals surface area contributed by atoms with E-state index < -0.39 is 12.2 Å². The number of ether oxygens (including phenoxy) is 1. The lowest BCUT2D eigenvalue weighted by Gasteiger charge is -2.40. The van der Waals surface area contributed by atoms with Gasteiger partial charge in [-0.1, -0.05) is 38.0 Å². The second kappa shape index (κ2) is 14.5. The highest BCUT2D eigenvalue weighted by Crippen LogP contribution is 2.38. The summed E-state index contributed by atoms with van der Waals surface area (Å²) in [6.07, 6.45) is 5.41. The number of benzene rings is 1. The predicted octanol–water partition coefficient (Wildman–Crippen LogP) is 6.65. The summed E-state index contributed by atoms with van der Waals surface area (Å²) in [5.41, 5.74) is 0.273. The van der Waals surface area contributed by atoms with Gasteiger partial charge in [-0.15, -0.1) is 13.2 Å². The summed E-state index contributed by atoms with van der Waals surface area (Å²) in [5.74, 6) is 0.786. The van der Waals surface area contributed by atoms with E-state index in [1.807, 2.05) is 0 Å². The van der Waals surface area contributed by atoms with Crippen LogP contribution in [0.25, 0.3) is 0 Å². The van der Waals surface area contributed by atoms with Crippen LogP contribution in [-0.2, 0) is 6.54 Å². The maximum absolute atomic E-state index is 14.6. The fourth-order valence-corrected chi connectivity index (χ4v) is 6.45. The van der Waals surface area contributed by atoms with Crippen molar-refractivity contribution in [3.05, 3.63) is 41.8 Å². The lowest BCUT2D eigenvalue weighted by atomic mass is 9.71. The number of hydrogen-bond donors (Lipinski definition) is 4. The summed E-state index contributed by atoms with van der Waals surface area (Å²) < 4.78 is 57.0. The van der Waals surface area contributed by atoms with Gasteiger partial charge in [-0.25, -0.2) is 9.37 Å². The molecule has 41 heavy (non-hydrogen) atoms. The Balaban J connectivity index is 1.35. The van der Waals surface area contributed by atoms with Crippen molar-refractivity contribution in [2.45, 2.75) is 103 Å². The number of nitrogens with one attached hydrogen (secondary N) is 3. The average molecular weight is 582 g/mol. The van der Waals surface area contributed by atoms with Crippen LogP contribution in [0.4, 0.5) is 29.3 Å². The van der Waals surface area contributed by atoms with Crippen molar-refractivity contribution in [1.82, 2.24) is 15.3 Å². The molecule has 4 atom stereocenters. The normalized spacial score (nSPS) is 25.9. The maximum Gasteiger partial charge on any atom is 0.573 e. The molecule has 0 spiro atoms. The van der Waals surface area contributed by atoms with Gasteiger partial charge in [-0.3, -0.25) is 0 Å². The van der Waals surface area contributed by atoms with Crippen molar-refractivity contribution >= 4 is 11.8 Å². The first-order valence-corrected chi connectivity index (χ1v) is 14.9. The molecule has 2 aliphatic carbocycles. The first-order valence-electron chi connectivity index (χ1n) is 14.9. The van der Waals surface area contributed by atoms with Crippen LogP contribution >= 0.6 is 0 Å². The molecule has 0 saturated heterocycles. The van der Waals surface area contributed by atoms with E-state index in [4.69, 9.17) is 0 Å². The lowest BCUT2D eigenvalue weighted by molar-refractivity contribution is -0.274. The molecule has 1 aromatic carbocycles. The molecule has 4 rings (SSSR count). The minimum atomic E-state index is -4.80. The number of aromatic nitrogens is 2. The summed E-state index contributed by atoms with van der Waals surface area (Å²) in [5, 5.41) is 19.7. The van der Waals surface area contributed by atoms with E-state index in [1.54, 1.807) is 6.07 Å². The van der Waals surface area contributed by atoms with E-state index in [2.05, 4.69) is 44.5 Å². The third-order valence-electron chi connectivity index (χ3n) is 8.48. The van der Waals surface area contributed by atoms with Crippen molar-refractivity contribution < 1.29 is 27.4 Å². The zero-order chi connectivity index (χ0) is 29.4. The molecule has 11 heteroatoms. The van der Waals surface area contributed by atoms with E-state index in [0.717, 1.165) is 51.1 Å². The van der Waals surface area contributed by atoms with Gasteiger partial charge < -0.3 is 25.8 Å². The van der Waals surface area contributed by atoms with Gasteiger partial charge in [0.25, 0.3) is 0 Å². The monoisotopic (exact) mass is 581 g/mol. The molecule has 0 aliphatic heterocycles. The maximum atomic E-state index is 14.6. The Bertz CT molecular complexity index is 1100. The summed E-state index contributed by atoms with van der Waals surface area (Å²) in [4.78, 5) is 8.23. The number of rotatable bonds is 12. The predicted molar refractivity (Wildman–Crippen MR) is 151 cm³/mol. The van der Waals surface area contributed by atoms with Gasteiger partial charge in [0.1, 0.15) is 5.75 Å². The Kier molecular flexibility index (Phi) is 11.1. The Labute approximate surface area is 239 Å². The number of hydrogen-bond acceptors (Lipinski definition) is 7. The molecule has 2 aliphatic rings. The van der Waals surface area contributed by atoms with Crippen LogP contribution in [-0.4, -0.2) is 46.2 Å². The van der Waals surface area contributed by atoms with E-state index in [1.165, 1.54) is 31.0 Å². The molecule has 2 fully saturated rings. The highest BCUT2D eigenvalue weighted by molar-refractivity contribution is 5.43. The van der Waals surface area contributed by atoms with Gasteiger partial charge in [0, 0.05) is 30.7 Å². The zero-order valence-corrected chi connectivity index (χ0v) is 23.9. The van der Waals surface area contributed by atoms with Crippen molar-refractivity contribution in [1.29, 1.82) is 0 Å². The number of anilines is 2. The standard InChI is InChI=1S/C30H43F4N5O2/c1-3-6-20-13-21(15-23(14-20)19(2)38-24-9-11-25(40)12-10-24)16-35-28-26(31)18-37-29(39-28)36-17-22-7-4-5-8-27(22)41-30(32,33)34/h4-5,7-8,18-21,23-25,38,40H,3,6,9-17H2,1-2H3,(H2,35,36,37,39)/t19-,20?,21+,23+,24?,25?/m0/s1.